The molecule has 0 heterocycles. The number of carbonyl (C=O) groups is 2. The van der Waals surface area contributed by atoms with Gasteiger partial charge in [0, 0.05) is 39.5 Å². The van der Waals surface area contributed by atoms with E-state index >= 15 is 0 Å². The molecule has 21 heavy (non-hydrogen) atoms. The second-order valence-electron chi connectivity index (χ2n) is 4.86. The van der Waals surface area contributed by atoms with Crippen molar-refractivity contribution in [1.29, 1.82) is 0 Å². The van der Waals surface area contributed by atoms with Gasteiger partial charge in [-0.15, -0.1) is 0 Å². The summed E-state index contributed by atoms with van der Waals surface area (Å²) < 4.78 is 0. The third-order valence-corrected chi connectivity index (χ3v) is 2.94. The highest BCUT2D eigenvalue weighted by Crippen LogP contribution is 1.97. The first-order valence-electron chi connectivity index (χ1n) is 7.92. The van der Waals surface area contributed by atoms with Gasteiger partial charge in [-0.1, -0.05) is 13.3 Å². The van der Waals surface area contributed by atoms with Crippen molar-refractivity contribution in [2.45, 2.75) is 45.4 Å². The van der Waals surface area contributed by atoms with Crippen molar-refractivity contribution < 1.29 is 9.59 Å². The SMILES string of the molecule is CCCN(CCN)CCC=O.CNC(=O)CCCCCN. The number of unbranched alkanes of at least 4 members (excludes halogenated alkanes) is 2. The average molecular weight is 302 g/mol. The molecule has 0 atom stereocenters. The van der Waals surface area contributed by atoms with Crippen molar-refractivity contribution in [1.82, 2.24) is 10.2 Å². The summed E-state index contributed by atoms with van der Waals surface area (Å²) in [4.78, 5) is 22.9. The van der Waals surface area contributed by atoms with Gasteiger partial charge in [-0.3, -0.25) is 4.79 Å². The smallest absolute Gasteiger partial charge is 0.219 e. The van der Waals surface area contributed by atoms with Crippen molar-refractivity contribution in [3.63, 3.8) is 0 Å². The Balaban J connectivity index is 0. The molecule has 0 spiro atoms. The lowest BCUT2D eigenvalue weighted by molar-refractivity contribution is -0.120. The van der Waals surface area contributed by atoms with Gasteiger partial charge in [-0.2, -0.15) is 0 Å². The van der Waals surface area contributed by atoms with Crippen molar-refractivity contribution >= 4 is 12.2 Å². The molecule has 0 saturated heterocycles. The van der Waals surface area contributed by atoms with Gasteiger partial charge in [-0.05, 0) is 32.4 Å². The number of rotatable bonds is 12. The summed E-state index contributed by atoms with van der Waals surface area (Å²) in [5.41, 5.74) is 10.7. The summed E-state index contributed by atoms with van der Waals surface area (Å²) in [5.74, 6) is 0.122. The summed E-state index contributed by atoms with van der Waals surface area (Å²) in [6, 6.07) is 0. The van der Waals surface area contributed by atoms with Crippen LogP contribution in [0.25, 0.3) is 0 Å². The van der Waals surface area contributed by atoms with Gasteiger partial charge >= 0.3 is 0 Å². The van der Waals surface area contributed by atoms with Gasteiger partial charge < -0.3 is 26.5 Å². The van der Waals surface area contributed by atoms with Gasteiger partial charge in [0.05, 0.1) is 0 Å². The first-order chi connectivity index (χ1) is 10.2. The second kappa shape index (κ2) is 19.0. The quantitative estimate of drug-likeness (QED) is 0.360. The molecule has 6 heteroatoms. The van der Waals surface area contributed by atoms with Crippen LogP contribution >= 0.6 is 0 Å². The summed E-state index contributed by atoms with van der Waals surface area (Å²) in [6.07, 6.45) is 6.38. The van der Waals surface area contributed by atoms with E-state index in [4.69, 9.17) is 11.5 Å². The zero-order valence-corrected chi connectivity index (χ0v) is 13.8. The number of aldehydes is 1. The van der Waals surface area contributed by atoms with Crippen molar-refractivity contribution in [2.75, 3.05) is 39.8 Å². The first kappa shape index (κ1) is 22.3. The van der Waals surface area contributed by atoms with Gasteiger partial charge in [-0.25, -0.2) is 0 Å². The fraction of sp³-hybridized carbons (Fsp3) is 0.867. The van der Waals surface area contributed by atoms with E-state index in [0.717, 1.165) is 58.1 Å². The van der Waals surface area contributed by atoms with Gasteiger partial charge in [0.25, 0.3) is 0 Å². The lowest BCUT2D eigenvalue weighted by Crippen LogP contribution is -2.31. The van der Waals surface area contributed by atoms with Crippen molar-refractivity contribution in [3.8, 4) is 0 Å². The normalized spacial score (nSPS) is 9.95. The van der Waals surface area contributed by atoms with Crippen LogP contribution < -0.4 is 16.8 Å². The zero-order valence-electron chi connectivity index (χ0n) is 13.8. The van der Waals surface area contributed by atoms with E-state index in [1.165, 1.54) is 0 Å². The van der Waals surface area contributed by atoms with Crippen LogP contribution in [0.2, 0.25) is 0 Å². The fourth-order valence-corrected chi connectivity index (χ4v) is 1.80. The minimum absolute atomic E-state index is 0.122. The zero-order chi connectivity index (χ0) is 16.3. The van der Waals surface area contributed by atoms with Crippen LogP contribution in [0.5, 0.6) is 0 Å². The molecular formula is C15H34N4O2. The van der Waals surface area contributed by atoms with E-state index in [-0.39, 0.29) is 5.91 Å². The molecule has 0 fully saturated rings. The Bertz CT molecular complexity index is 232. The first-order valence-corrected chi connectivity index (χ1v) is 7.92. The standard InChI is InChI=1S/C8H18N2O.C7H16N2O/c1-2-5-10(7-4-9)6-3-8-11;1-9-7(10)5-3-2-4-6-8/h8H,2-7,9H2,1H3;2-6,8H2,1H3,(H,9,10). The highest BCUT2D eigenvalue weighted by atomic mass is 16.1. The topological polar surface area (TPSA) is 101 Å². The highest BCUT2D eigenvalue weighted by molar-refractivity contribution is 5.75. The van der Waals surface area contributed by atoms with Crippen LogP contribution in [0.4, 0.5) is 0 Å². The number of nitrogens with one attached hydrogen (secondary N) is 1. The molecule has 0 aliphatic carbocycles. The number of nitrogens with zero attached hydrogens (tertiary/aromatic N) is 1. The van der Waals surface area contributed by atoms with Gasteiger partial charge in [0.15, 0.2) is 0 Å². The number of nitrogens with two attached hydrogens (primary N) is 2. The van der Waals surface area contributed by atoms with Crippen LogP contribution in [0.15, 0.2) is 0 Å². The van der Waals surface area contributed by atoms with Gasteiger partial charge in [0.2, 0.25) is 5.91 Å². The Hall–Kier alpha value is -0.980. The Labute approximate surface area is 129 Å². The van der Waals surface area contributed by atoms with Crippen LogP contribution in [0.3, 0.4) is 0 Å². The molecule has 0 aliphatic heterocycles. The highest BCUT2D eigenvalue weighted by Gasteiger charge is 2.00. The number of hydrogen-bond donors (Lipinski definition) is 3. The van der Waals surface area contributed by atoms with E-state index in [2.05, 4.69) is 17.1 Å². The van der Waals surface area contributed by atoms with E-state index in [0.29, 0.717) is 19.4 Å². The molecule has 0 aliphatic rings. The van der Waals surface area contributed by atoms with E-state index in [9.17, 15) is 9.59 Å². The van der Waals surface area contributed by atoms with Crippen LogP contribution in [-0.4, -0.2) is 56.9 Å². The number of amides is 1. The van der Waals surface area contributed by atoms with Crippen LogP contribution in [0.1, 0.15) is 45.4 Å². The van der Waals surface area contributed by atoms with Crippen LogP contribution in [0, 0.1) is 0 Å². The molecular weight excluding hydrogens is 268 g/mol. The molecule has 0 aromatic heterocycles. The monoisotopic (exact) mass is 302 g/mol. The number of hydrogen-bond acceptors (Lipinski definition) is 5. The maximum Gasteiger partial charge on any atom is 0.219 e. The molecule has 126 valence electrons. The largest absolute Gasteiger partial charge is 0.359 e. The lowest BCUT2D eigenvalue weighted by Gasteiger charge is -2.18. The predicted octanol–water partition coefficient (Wildman–Crippen LogP) is 0.498. The number of carbonyl (C=O) groups excluding carboxylic acids is 2. The average Bonchev–Trinajstić information content (AvgIpc) is 2.50. The summed E-state index contributed by atoms with van der Waals surface area (Å²) in [6.45, 7) is 6.35. The molecule has 5 N–H and O–H groups in total. The maximum atomic E-state index is 10.6. The summed E-state index contributed by atoms with van der Waals surface area (Å²) in [7, 11) is 1.66. The molecule has 6 nitrogen and oxygen atoms in total. The molecule has 0 aromatic carbocycles. The summed E-state index contributed by atoms with van der Waals surface area (Å²) >= 11 is 0. The van der Waals surface area contributed by atoms with Gasteiger partial charge in [0.1, 0.15) is 6.29 Å². The lowest BCUT2D eigenvalue weighted by atomic mass is 10.2. The van der Waals surface area contributed by atoms with Crippen molar-refractivity contribution in [2.24, 2.45) is 11.5 Å². The van der Waals surface area contributed by atoms with E-state index in [1.54, 1.807) is 7.05 Å². The fourth-order valence-electron chi connectivity index (χ4n) is 1.80. The Morgan fingerprint density at radius 2 is 1.81 bits per heavy atom. The molecule has 0 radical (unpaired) electrons. The van der Waals surface area contributed by atoms with Crippen molar-refractivity contribution in [3.05, 3.63) is 0 Å². The van der Waals surface area contributed by atoms with Crippen LogP contribution in [-0.2, 0) is 9.59 Å². The Kier molecular flexibility index (Phi) is 20.2. The molecule has 1 amide bonds. The predicted molar refractivity (Wildman–Crippen MR) is 88.1 cm³/mol. The molecule has 0 unspecified atom stereocenters. The Morgan fingerprint density at radius 3 is 2.29 bits per heavy atom. The molecule has 0 rings (SSSR count). The third-order valence-electron chi connectivity index (χ3n) is 2.94. The summed E-state index contributed by atoms with van der Waals surface area (Å²) in [5, 5.41) is 2.57. The molecule has 0 saturated carbocycles. The minimum Gasteiger partial charge on any atom is -0.359 e. The Morgan fingerprint density at radius 1 is 1.10 bits per heavy atom. The maximum absolute atomic E-state index is 10.6. The minimum atomic E-state index is 0.122. The molecule has 0 bridgehead atoms. The molecule has 0 aromatic rings. The third kappa shape index (κ3) is 19.0. The second-order valence-corrected chi connectivity index (χ2v) is 4.86. The van der Waals surface area contributed by atoms with E-state index < -0.39 is 0 Å². The van der Waals surface area contributed by atoms with E-state index in [1.807, 2.05) is 0 Å².